The summed E-state index contributed by atoms with van der Waals surface area (Å²) in [6.45, 7) is 5.57. The number of imidazole rings is 1. The summed E-state index contributed by atoms with van der Waals surface area (Å²) in [5.74, 6) is 0.988. The molecule has 2 aliphatic heterocycles. The summed E-state index contributed by atoms with van der Waals surface area (Å²) < 4.78 is 0. The van der Waals surface area contributed by atoms with Crippen LogP contribution in [0.3, 0.4) is 0 Å². The number of likely N-dealkylation sites (tertiary alicyclic amines) is 1. The number of piperidine rings is 1. The van der Waals surface area contributed by atoms with Crippen LogP contribution in [0.25, 0.3) is 0 Å². The summed E-state index contributed by atoms with van der Waals surface area (Å²) in [7, 11) is 0. The van der Waals surface area contributed by atoms with Gasteiger partial charge in [0, 0.05) is 43.4 Å². The highest BCUT2D eigenvalue weighted by Gasteiger charge is 2.51. The Morgan fingerprint density at radius 2 is 1.90 bits per heavy atom. The van der Waals surface area contributed by atoms with Crippen LogP contribution in [0.2, 0.25) is 0 Å². The second-order valence-electron chi connectivity index (χ2n) is 8.51. The van der Waals surface area contributed by atoms with Crippen LogP contribution in [0.1, 0.15) is 59.1 Å². The van der Waals surface area contributed by atoms with Crippen LogP contribution >= 0.6 is 0 Å². The molecule has 8 nitrogen and oxygen atoms in total. The van der Waals surface area contributed by atoms with E-state index in [1.54, 1.807) is 19.3 Å². The molecule has 0 atom stereocenters. The van der Waals surface area contributed by atoms with Crippen LogP contribution in [0.5, 0.6) is 0 Å². The third-order valence-corrected chi connectivity index (χ3v) is 6.52. The molecule has 4 heterocycles. The lowest BCUT2D eigenvalue weighted by molar-refractivity contribution is -0.143. The summed E-state index contributed by atoms with van der Waals surface area (Å²) in [6, 6.07) is 1.75. The minimum absolute atomic E-state index is 0.0634. The van der Waals surface area contributed by atoms with E-state index in [1.165, 1.54) is 0 Å². The van der Waals surface area contributed by atoms with Crippen molar-refractivity contribution in [2.75, 3.05) is 19.6 Å². The van der Waals surface area contributed by atoms with Gasteiger partial charge in [-0.2, -0.15) is 0 Å². The van der Waals surface area contributed by atoms with E-state index in [9.17, 15) is 9.59 Å². The minimum Gasteiger partial charge on any atom is -0.348 e. The van der Waals surface area contributed by atoms with Crippen molar-refractivity contribution in [1.29, 1.82) is 0 Å². The van der Waals surface area contributed by atoms with Gasteiger partial charge in [0.1, 0.15) is 11.5 Å². The number of hydrogen-bond donors (Lipinski definition) is 1. The number of carbonyl (C=O) groups is 2. The van der Waals surface area contributed by atoms with Crippen molar-refractivity contribution in [2.45, 2.75) is 51.5 Å². The third-order valence-electron chi connectivity index (χ3n) is 6.52. The van der Waals surface area contributed by atoms with Crippen molar-refractivity contribution in [3.05, 3.63) is 41.0 Å². The fourth-order valence-electron chi connectivity index (χ4n) is 4.92. The minimum atomic E-state index is -0.401. The van der Waals surface area contributed by atoms with E-state index in [0.29, 0.717) is 37.4 Å². The topological polar surface area (TPSA) is 95.1 Å². The molecule has 8 heteroatoms. The molecule has 2 aromatic heterocycles. The Bertz CT molecular complexity index is 951. The van der Waals surface area contributed by atoms with E-state index in [0.717, 1.165) is 42.9 Å². The van der Waals surface area contributed by atoms with Gasteiger partial charge in [-0.1, -0.05) is 0 Å². The van der Waals surface area contributed by atoms with Crippen molar-refractivity contribution in [3.63, 3.8) is 0 Å². The van der Waals surface area contributed by atoms with Crippen LogP contribution in [0.15, 0.2) is 12.4 Å². The van der Waals surface area contributed by atoms with E-state index >= 15 is 0 Å². The van der Waals surface area contributed by atoms with E-state index in [-0.39, 0.29) is 17.7 Å². The van der Waals surface area contributed by atoms with E-state index < -0.39 is 5.54 Å². The lowest BCUT2D eigenvalue weighted by Gasteiger charge is -2.50. The number of nitrogens with zero attached hydrogens (tertiary/aromatic N) is 5. The van der Waals surface area contributed by atoms with Gasteiger partial charge >= 0.3 is 0 Å². The zero-order chi connectivity index (χ0) is 20.2. The molecule has 0 radical (unpaired) electrons. The highest BCUT2D eigenvalue weighted by atomic mass is 16.2. The van der Waals surface area contributed by atoms with Gasteiger partial charge < -0.3 is 14.8 Å². The first kappa shape index (κ1) is 18.3. The summed E-state index contributed by atoms with van der Waals surface area (Å²) in [4.78, 5) is 46.5. The Kier molecular flexibility index (Phi) is 4.18. The molecule has 3 aliphatic rings. The van der Waals surface area contributed by atoms with Gasteiger partial charge in [0.15, 0.2) is 0 Å². The average molecular weight is 394 g/mol. The molecule has 2 amide bonds. The third kappa shape index (κ3) is 3.01. The normalized spacial score (nSPS) is 20.6. The van der Waals surface area contributed by atoms with E-state index in [2.05, 4.69) is 24.8 Å². The molecule has 5 rings (SSSR count). The van der Waals surface area contributed by atoms with Crippen molar-refractivity contribution in [2.24, 2.45) is 5.92 Å². The van der Waals surface area contributed by atoms with E-state index in [1.807, 2.05) is 11.8 Å². The molecule has 1 saturated heterocycles. The lowest BCUT2D eigenvalue weighted by Crippen LogP contribution is -2.59. The number of carbonyl (C=O) groups excluding carboxylic acids is 2. The number of fused-ring (bicyclic) bond motifs is 2. The smallest absolute Gasteiger partial charge is 0.272 e. The fraction of sp³-hybridized carbons (Fsp3) is 0.571. The molecule has 1 N–H and O–H groups in total. The van der Waals surface area contributed by atoms with Crippen LogP contribution in [0, 0.1) is 19.8 Å². The van der Waals surface area contributed by atoms with Crippen molar-refractivity contribution < 1.29 is 9.59 Å². The van der Waals surface area contributed by atoms with Gasteiger partial charge in [-0.15, -0.1) is 0 Å². The zero-order valence-electron chi connectivity index (χ0n) is 16.9. The molecular formula is C21H26N6O2. The molecule has 152 valence electrons. The molecule has 1 aliphatic carbocycles. The maximum atomic E-state index is 13.1. The standard InChI is InChI=1S/C21H26N6O2/c1-13-11-17(25-14(2)24-13)20(29)26-9-6-21(7-10-26)18-16(22-12-23-18)5-8-27(21)19(28)15-3-4-15/h11-12,15H,3-10H2,1-2H3,(H,22,23). The number of H-pyrrole nitrogens is 1. The molecule has 1 saturated carbocycles. The molecule has 0 unspecified atom stereocenters. The summed E-state index contributed by atoms with van der Waals surface area (Å²) in [5, 5.41) is 0. The number of hydrogen-bond acceptors (Lipinski definition) is 5. The van der Waals surface area contributed by atoms with E-state index in [4.69, 9.17) is 0 Å². The Labute approximate surface area is 169 Å². The van der Waals surface area contributed by atoms with Crippen LogP contribution in [-0.4, -0.2) is 61.2 Å². The van der Waals surface area contributed by atoms with Gasteiger partial charge in [-0.05, 0) is 45.6 Å². The molecule has 29 heavy (non-hydrogen) atoms. The molecular weight excluding hydrogens is 368 g/mol. The maximum Gasteiger partial charge on any atom is 0.272 e. The number of aromatic amines is 1. The summed E-state index contributed by atoms with van der Waals surface area (Å²) in [5.41, 5.74) is 2.97. The quantitative estimate of drug-likeness (QED) is 0.837. The number of rotatable bonds is 2. The first-order valence-electron chi connectivity index (χ1n) is 10.4. The van der Waals surface area contributed by atoms with Gasteiger partial charge in [0.2, 0.25) is 5.91 Å². The largest absolute Gasteiger partial charge is 0.348 e. The van der Waals surface area contributed by atoms with Crippen molar-refractivity contribution >= 4 is 11.8 Å². The molecule has 2 aromatic rings. The SMILES string of the molecule is Cc1cc(C(=O)N2CCC3(CC2)c2nc[nH]c2CCN3C(=O)C2CC2)nc(C)n1. The highest BCUT2D eigenvalue weighted by molar-refractivity contribution is 5.92. The predicted molar refractivity (Wildman–Crippen MR) is 105 cm³/mol. The molecule has 2 fully saturated rings. The predicted octanol–water partition coefficient (Wildman–Crippen LogP) is 1.74. The van der Waals surface area contributed by atoms with Crippen LogP contribution < -0.4 is 0 Å². The van der Waals surface area contributed by atoms with Gasteiger partial charge in [0.25, 0.3) is 5.91 Å². The average Bonchev–Trinajstić information content (AvgIpc) is 3.44. The number of nitrogens with one attached hydrogen (secondary N) is 1. The lowest BCUT2D eigenvalue weighted by atomic mass is 9.78. The fourth-order valence-corrected chi connectivity index (χ4v) is 4.92. The summed E-state index contributed by atoms with van der Waals surface area (Å²) >= 11 is 0. The second kappa shape index (κ2) is 6.64. The van der Waals surface area contributed by atoms with Gasteiger partial charge in [-0.3, -0.25) is 9.59 Å². The number of aryl methyl sites for hydroxylation is 2. The summed E-state index contributed by atoms with van der Waals surface area (Å²) in [6.07, 6.45) is 5.96. The van der Waals surface area contributed by atoms with Crippen LogP contribution in [-0.2, 0) is 16.8 Å². The van der Waals surface area contributed by atoms with Crippen molar-refractivity contribution in [3.8, 4) is 0 Å². The first-order valence-corrected chi connectivity index (χ1v) is 10.4. The molecule has 1 spiro atoms. The van der Waals surface area contributed by atoms with Gasteiger partial charge in [-0.25, -0.2) is 15.0 Å². The Hall–Kier alpha value is -2.77. The molecule has 0 bridgehead atoms. The Morgan fingerprint density at radius 3 is 2.59 bits per heavy atom. The number of amides is 2. The highest BCUT2D eigenvalue weighted by Crippen LogP contribution is 2.45. The van der Waals surface area contributed by atoms with Crippen molar-refractivity contribution in [1.82, 2.24) is 29.7 Å². The van der Waals surface area contributed by atoms with Crippen LogP contribution in [0.4, 0.5) is 0 Å². The Morgan fingerprint density at radius 1 is 1.14 bits per heavy atom. The maximum absolute atomic E-state index is 13.1. The second-order valence-corrected chi connectivity index (χ2v) is 8.51. The monoisotopic (exact) mass is 394 g/mol. The number of aromatic nitrogens is 4. The Balaban J connectivity index is 1.41. The molecule has 0 aromatic carbocycles. The zero-order valence-corrected chi connectivity index (χ0v) is 16.9. The van der Waals surface area contributed by atoms with Gasteiger partial charge in [0.05, 0.1) is 17.6 Å². The first-order chi connectivity index (χ1) is 14.0.